The number of nitrogens with one attached hydrogen (secondary N) is 4. The smallest absolute Gasteiger partial charge is 0.251 e. The zero-order valence-electron chi connectivity index (χ0n) is 20.2. The monoisotopic (exact) mass is 483 g/mol. The molecule has 2 aromatic carbocycles. The Morgan fingerprint density at radius 1 is 1.11 bits per heavy atom. The van der Waals surface area contributed by atoms with Crippen LogP contribution in [0.3, 0.4) is 0 Å². The van der Waals surface area contributed by atoms with E-state index >= 15 is 0 Å². The van der Waals surface area contributed by atoms with Gasteiger partial charge in [0.2, 0.25) is 0 Å². The van der Waals surface area contributed by atoms with Gasteiger partial charge >= 0.3 is 0 Å². The van der Waals surface area contributed by atoms with E-state index in [-0.39, 0.29) is 12.5 Å². The van der Waals surface area contributed by atoms with Crippen LogP contribution < -0.4 is 21.3 Å². The minimum Gasteiger partial charge on any atom is -0.356 e. The van der Waals surface area contributed by atoms with Gasteiger partial charge in [0, 0.05) is 55.6 Å². The maximum atomic E-state index is 13.8. The zero-order chi connectivity index (χ0) is 24.6. The second kappa shape index (κ2) is 12.1. The number of amides is 1. The Kier molecular flexibility index (Phi) is 8.71. The van der Waals surface area contributed by atoms with Gasteiger partial charge in [-0.3, -0.25) is 4.79 Å². The largest absolute Gasteiger partial charge is 0.356 e. The Morgan fingerprint density at radius 2 is 1.94 bits per heavy atom. The van der Waals surface area contributed by atoms with Gasteiger partial charge in [-0.2, -0.15) is 0 Å². The van der Waals surface area contributed by atoms with E-state index in [0.29, 0.717) is 29.6 Å². The summed E-state index contributed by atoms with van der Waals surface area (Å²) in [5.41, 5.74) is 1.83. The molecule has 2 aliphatic heterocycles. The highest BCUT2D eigenvalue weighted by Gasteiger charge is 2.20. The SMILES string of the molecule is C[C@H]1CN(/C(=C\C2CCCCN2)Nc2ccc(C(=O)NCCc3ccc(F)cc3F)cc2)CCN1. The van der Waals surface area contributed by atoms with Crippen molar-refractivity contribution < 1.29 is 13.6 Å². The normalized spacial score (nSPS) is 21.0. The Labute approximate surface area is 206 Å². The summed E-state index contributed by atoms with van der Waals surface area (Å²) in [6.07, 6.45) is 6.18. The molecule has 2 heterocycles. The van der Waals surface area contributed by atoms with E-state index in [1.807, 2.05) is 12.1 Å². The second-order valence-electron chi connectivity index (χ2n) is 9.35. The number of carbonyl (C=O) groups excluding carboxylic acids is 1. The van der Waals surface area contributed by atoms with Crippen LogP contribution in [-0.4, -0.2) is 55.6 Å². The lowest BCUT2D eigenvalue weighted by atomic mass is 10.0. The van der Waals surface area contributed by atoms with Crippen LogP contribution >= 0.6 is 0 Å². The van der Waals surface area contributed by atoms with Crippen LogP contribution in [0.4, 0.5) is 14.5 Å². The summed E-state index contributed by atoms with van der Waals surface area (Å²) in [6.45, 7) is 6.32. The molecule has 4 N–H and O–H groups in total. The summed E-state index contributed by atoms with van der Waals surface area (Å²) in [5, 5.41) is 13.5. The molecule has 0 aliphatic carbocycles. The van der Waals surface area contributed by atoms with Gasteiger partial charge in [0.25, 0.3) is 5.91 Å². The summed E-state index contributed by atoms with van der Waals surface area (Å²) < 4.78 is 26.8. The van der Waals surface area contributed by atoms with Gasteiger partial charge in [0.15, 0.2) is 0 Å². The highest BCUT2D eigenvalue weighted by molar-refractivity contribution is 5.94. The third-order valence-electron chi connectivity index (χ3n) is 6.53. The summed E-state index contributed by atoms with van der Waals surface area (Å²) in [4.78, 5) is 14.9. The molecular formula is C27H35F2N5O. The van der Waals surface area contributed by atoms with Crippen molar-refractivity contribution in [3.05, 3.63) is 77.1 Å². The van der Waals surface area contributed by atoms with Gasteiger partial charge < -0.3 is 26.2 Å². The Balaban J connectivity index is 1.36. The minimum absolute atomic E-state index is 0.225. The van der Waals surface area contributed by atoms with Crippen LogP contribution in [0.15, 0.2) is 54.4 Å². The number of rotatable bonds is 8. The molecule has 4 rings (SSSR count). The number of halogens is 2. The molecule has 0 spiro atoms. The quantitative estimate of drug-likeness (QED) is 0.462. The molecule has 2 atom stereocenters. The van der Waals surface area contributed by atoms with Gasteiger partial charge in [-0.05, 0) is 74.7 Å². The fourth-order valence-corrected chi connectivity index (χ4v) is 4.58. The number of nitrogens with zero attached hydrogens (tertiary/aromatic N) is 1. The number of piperazine rings is 1. The molecule has 0 radical (unpaired) electrons. The number of carbonyl (C=O) groups is 1. The summed E-state index contributed by atoms with van der Waals surface area (Å²) in [5.74, 6) is -0.335. The Bertz CT molecular complexity index is 1020. The van der Waals surface area contributed by atoms with Crippen molar-refractivity contribution >= 4 is 11.6 Å². The number of hydrogen-bond acceptors (Lipinski definition) is 5. The van der Waals surface area contributed by atoms with Crippen molar-refractivity contribution in [2.24, 2.45) is 0 Å². The minimum atomic E-state index is -0.608. The van der Waals surface area contributed by atoms with Crippen LogP contribution in [-0.2, 0) is 6.42 Å². The van der Waals surface area contributed by atoms with Crippen LogP contribution in [0.2, 0.25) is 0 Å². The highest BCUT2D eigenvalue weighted by atomic mass is 19.1. The van der Waals surface area contributed by atoms with Crippen LogP contribution in [0.25, 0.3) is 0 Å². The third-order valence-corrected chi connectivity index (χ3v) is 6.53. The topological polar surface area (TPSA) is 68.4 Å². The predicted octanol–water partition coefficient (Wildman–Crippen LogP) is 3.63. The molecule has 0 bridgehead atoms. The number of hydrogen-bond donors (Lipinski definition) is 4. The van der Waals surface area contributed by atoms with Crippen molar-refractivity contribution in [3.63, 3.8) is 0 Å². The lowest BCUT2D eigenvalue weighted by Gasteiger charge is -2.36. The molecule has 1 amide bonds. The van der Waals surface area contributed by atoms with Crippen LogP contribution in [0.5, 0.6) is 0 Å². The molecule has 2 fully saturated rings. The summed E-state index contributed by atoms with van der Waals surface area (Å²) in [7, 11) is 0. The van der Waals surface area contributed by atoms with E-state index < -0.39 is 11.6 Å². The lowest BCUT2D eigenvalue weighted by molar-refractivity contribution is 0.0954. The summed E-state index contributed by atoms with van der Waals surface area (Å²) in [6, 6.07) is 11.6. The summed E-state index contributed by atoms with van der Waals surface area (Å²) >= 11 is 0. The molecule has 35 heavy (non-hydrogen) atoms. The van der Waals surface area contributed by atoms with E-state index in [2.05, 4.69) is 39.2 Å². The molecule has 2 aromatic rings. The average Bonchev–Trinajstić information content (AvgIpc) is 2.86. The van der Waals surface area contributed by atoms with Crippen LogP contribution in [0.1, 0.15) is 42.1 Å². The molecule has 2 saturated heterocycles. The van der Waals surface area contributed by atoms with Crippen molar-refractivity contribution in [1.82, 2.24) is 20.9 Å². The molecule has 1 unspecified atom stereocenters. The van der Waals surface area contributed by atoms with Gasteiger partial charge in [-0.15, -0.1) is 0 Å². The maximum Gasteiger partial charge on any atom is 0.251 e. The number of piperidine rings is 1. The van der Waals surface area contributed by atoms with E-state index in [0.717, 1.165) is 50.2 Å². The van der Waals surface area contributed by atoms with E-state index in [9.17, 15) is 13.6 Å². The Morgan fingerprint density at radius 3 is 2.66 bits per heavy atom. The van der Waals surface area contributed by atoms with Gasteiger partial charge in [-0.25, -0.2) is 8.78 Å². The molecule has 2 aliphatic rings. The van der Waals surface area contributed by atoms with Gasteiger partial charge in [-0.1, -0.05) is 12.5 Å². The molecule has 8 heteroatoms. The van der Waals surface area contributed by atoms with E-state index in [4.69, 9.17) is 0 Å². The van der Waals surface area contributed by atoms with Crippen molar-refractivity contribution in [2.75, 3.05) is 38.0 Å². The first-order valence-corrected chi connectivity index (χ1v) is 12.5. The number of benzene rings is 2. The zero-order valence-corrected chi connectivity index (χ0v) is 20.2. The van der Waals surface area contributed by atoms with Crippen molar-refractivity contribution in [2.45, 2.75) is 44.7 Å². The number of anilines is 1. The second-order valence-corrected chi connectivity index (χ2v) is 9.35. The standard InChI is InChI=1S/C27H35F2N5O/c1-19-18-34(15-14-30-19)26(17-24-4-2-3-12-31-24)33-23-9-6-21(7-10-23)27(35)32-13-11-20-5-8-22(28)16-25(20)29/h5-10,16-17,19,24,30-31,33H,2-4,11-15,18H2,1H3,(H,32,35)/b26-17-/t19-,24?/m0/s1. The maximum absolute atomic E-state index is 13.8. The highest BCUT2D eigenvalue weighted by Crippen LogP contribution is 2.19. The molecule has 0 saturated carbocycles. The van der Waals surface area contributed by atoms with Crippen molar-refractivity contribution in [1.29, 1.82) is 0 Å². The lowest BCUT2D eigenvalue weighted by Crippen LogP contribution is -2.50. The average molecular weight is 484 g/mol. The first-order chi connectivity index (χ1) is 17.0. The van der Waals surface area contributed by atoms with E-state index in [1.165, 1.54) is 25.0 Å². The first-order valence-electron chi connectivity index (χ1n) is 12.5. The predicted molar refractivity (Wildman–Crippen MR) is 135 cm³/mol. The molecule has 6 nitrogen and oxygen atoms in total. The van der Waals surface area contributed by atoms with Crippen LogP contribution in [0, 0.1) is 11.6 Å². The third kappa shape index (κ3) is 7.26. The van der Waals surface area contributed by atoms with Gasteiger partial charge in [0.1, 0.15) is 17.5 Å². The molecular weight excluding hydrogens is 448 g/mol. The molecule has 188 valence electrons. The first kappa shape index (κ1) is 25.1. The molecule has 0 aromatic heterocycles. The fourth-order valence-electron chi connectivity index (χ4n) is 4.58. The van der Waals surface area contributed by atoms with Gasteiger partial charge in [0.05, 0.1) is 0 Å². The fraction of sp³-hybridized carbons (Fsp3) is 0.444. The van der Waals surface area contributed by atoms with Crippen molar-refractivity contribution in [3.8, 4) is 0 Å². The Hall–Kier alpha value is -2.97. The van der Waals surface area contributed by atoms with E-state index in [1.54, 1.807) is 12.1 Å².